The Kier molecular flexibility index (Phi) is 104. The number of rotatable bonds is 0. The predicted octanol–water partition coefficient (Wildman–Crippen LogP) is -2.37. The van der Waals surface area contributed by atoms with Crippen molar-refractivity contribution < 1.29 is 52.7 Å². The Balaban J connectivity index is 0. The zero-order chi connectivity index (χ0) is 0. The Morgan fingerprint density at radius 3 is 1.00 bits per heavy atom. The normalized spacial score (nSPS) is 0. The predicted molar refractivity (Wildman–Crippen MR) is 19.9 cm³/mol. The van der Waals surface area contributed by atoms with E-state index in [9.17, 15) is 0 Å². The van der Waals surface area contributed by atoms with Crippen LogP contribution in [0.4, 0.5) is 0 Å². The van der Waals surface area contributed by atoms with Crippen LogP contribution in [-0.4, -0.2) is 59.8 Å². The smallest absolute Gasteiger partial charge is 0 e. The molecule has 0 nitrogen and oxygen atoms in total. The number of hydrogen-bond acceptors (Lipinski definition) is 0. The van der Waals surface area contributed by atoms with Crippen LogP contribution in [0.2, 0.25) is 0 Å². The summed E-state index contributed by atoms with van der Waals surface area (Å²) in [6.45, 7) is 0. The molecule has 0 bridgehead atoms. The van der Waals surface area contributed by atoms with Crippen molar-refractivity contribution in [1.29, 1.82) is 0 Å². The van der Waals surface area contributed by atoms with Crippen LogP contribution in [0.15, 0.2) is 0 Å². The first-order valence-corrected chi connectivity index (χ1v) is 0. The van der Waals surface area contributed by atoms with Crippen molar-refractivity contribution in [2.45, 2.75) is 0 Å². The van der Waals surface area contributed by atoms with Crippen LogP contribution < -0.4 is 0 Å². The van der Waals surface area contributed by atoms with Crippen LogP contribution in [0.1, 0.15) is 0 Å². The van der Waals surface area contributed by atoms with E-state index in [1.807, 2.05) is 0 Å². The van der Waals surface area contributed by atoms with Gasteiger partial charge in [-0.25, -0.2) is 0 Å². The van der Waals surface area contributed by atoms with Gasteiger partial charge in [0.25, 0.3) is 0 Å². The molecular formula is H6BaCuLaSi. The molecule has 4 heteroatoms. The van der Waals surface area contributed by atoms with Crippen molar-refractivity contribution in [3.05, 3.63) is 0 Å². The van der Waals surface area contributed by atoms with E-state index in [1.54, 1.807) is 0 Å². The van der Waals surface area contributed by atoms with E-state index < -0.39 is 0 Å². The molecule has 0 saturated heterocycles. The first kappa shape index (κ1) is 25.9. The topological polar surface area (TPSA) is 0 Å². The summed E-state index contributed by atoms with van der Waals surface area (Å²) in [6, 6.07) is 0. The maximum Gasteiger partial charge on any atom is 0 e. The van der Waals surface area contributed by atoms with Gasteiger partial charge in [0.2, 0.25) is 0 Å². The van der Waals surface area contributed by atoms with Gasteiger partial charge >= 0.3 is 48.9 Å². The minimum atomic E-state index is 0. The van der Waals surface area contributed by atoms with E-state index in [1.165, 1.54) is 0 Å². The van der Waals surface area contributed by atoms with Gasteiger partial charge in [-0.3, -0.25) is 0 Å². The van der Waals surface area contributed by atoms with Crippen LogP contribution in [0.25, 0.3) is 0 Å². The minimum absolute atomic E-state index is 0. The molecule has 0 heterocycles. The molecular weight excluding hydrogens is 368 g/mol. The van der Waals surface area contributed by atoms with Crippen LogP contribution >= 0.6 is 0 Å². The Hall–Kier alpha value is 3.50. The van der Waals surface area contributed by atoms with Crippen molar-refractivity contribution in [3.8, 4) is 0 Å². The molecule has 0 amide bonds. The first-order valence-electron chi connectivity index (χ1n) is 0. The quantitative estimate of drug-likeness (QED) is 0.416. The van der Waals surface area contributed by atoms with E-state index in [0.29, 0.717) is 0 Å². The van der Waals surface area contributed by atoms with Gasteiger partial charge in [0.05, 0.1) is 0 Å². The number of hydrogen-bond donors (Lipinski definition) is 0. The summed E-state index contributed by atoms with van der Waals surface area (Å²) < 4.78 is 0. The van der Waals surface area contributed by atoms with Crippen molar-refractivity contribution in [2.75, 3.05) is 0 Å². The zero-order valence-corrected chi connectivity index (χ0v) is 5.45. The van der Waals surface area contributed by atoms with Crippen molar-refractivity contribution in [1.82, 2.24) is 0 Å². The molecule has 0 saturated carbocycles. The Morgan fingerprint density at radius 1 is 1.00 bits per heavy atom. The van der Waals surface area contributed by atoms with E-state index in [-0.39, 0.29) is 113 Å². The summed E-state index contributed by atoms with van der Waals surface area (Å²) in [5.41, 5.74) is 0. The van der Waals surface area contributed by atoms with E-state index in [0.717, 1.165) is 0 Å². The van der Waals surface area contributed by atoms with Gasteiger partial charge in [0.15, 0.2) is 0 Å². The molecule has 0 aromatic rings. The summed E-state index contributed by atoms with van der Waals surface area (Å²) in [6.07, 6.45) is 0. The van der Waals surface area contributed by atoms with E-state index in [4.69, 9.17) is 0 Å². The second kappa shape index (κ2) is 16.0. The molecule has 2 radical (unpaired) electrons. The molecule has 0 unspecified atom stereocenters. The second-order valence-corrected chi connectivity index (χ2v) is 0. The molecule has 26 valence electrons. The molecule has 4 heavy (non-hydrogen) atoms. The summed E-state index contributed by atoms with van der Waals surface area (Å²) in [7, 11) is 0. The minimum Gasteiger partial charge on any atom is -0.0149 e. The van der Waals surface area contributed by atoms with Crippen molar-refractivity contribution in [3.63, 3.8) is 0 Å². The molecule has 0 aromatic carbocycles. The molecule has 0 aliphatic rings. The molecule has 0 aliphatic carbocycles. The fraction of sp³-hybridized carbons (Fsp3) is 0. The van der Waals surface area contributed by atoms with Crippen LogP contribution in [0, 0.1) is 35.6 Å². The van der Waals surface area contributed by atoms with Gasteiger partial charge in [-0.2, -0.15) is 0 Å². The standard InChI is InChI=1S/Ba.Cu.La.H4Si.2H/h;;;1H4;;. The third kappa shape index (κ3) is 9.09. The molecule has 0 N–H and O–H groups in total. The monoisotopic (exact) mass is 374 g/mol. The fourth-order valence-electron chi connectivity index (χ4n) is 0. The van der Waals surface area contributed by atoms with E-state index >= 15 is 0 Å². The first-order chi connectivity index (χ1) is 0. The Bertz CT molecular complexity index is 8.00. The van der Waals surface area contributed by atoms with Gasteiger partial charge in [0, 0.05) is 52.7 Å². The Morgan fingerprint density at radius 2 is 1.00 bits per heavy atom. The van der Waals surface area contributed by atoms with Crippen LogP contribution in [-0.2, 0) is 17.1 Å². The Labute approximate surface area is 109 Å². The molecule has 0 aromatic heterocycles. The second-order valence-electron chi connectivity index (χ2n) is 0. The zero-order valence-electron chi connectivity index (χ0n) is 0.879. The molecule has 0 fully saturated rings. The maximum absolute atomic E-state index is 0. The summed E-state index contributed by atoms with van der Waals surface area (Å²) >= 11 is 0. The molecule has 0 atom stereocenters. The van der Waals surface area contributed by atoms with Gasteiger partial charge in [-0.1, -0.05) is 0 Å². The summed E-state index contributed by atoms with van der Waals surface area (Å²) in [4.78, 5) is 0. The molecule has 0 rings (SSSR count). The third-order valence-corrected chi connectivity index (χ3v) is 0. The largest absolute Gasteiger partial charge is 0.0149 e. The van der Waals surface area contributed by atoms with Crippen molar-refractivity contribution >= 4 is 59.8 Å². The summed E-state index contributed by atoms with van der Waals surface area (Å²) in [5, 5.41) is 0. The van der Waals surface area contributed by atoms with E-state index in [2.05, 4.69) is 0 Å². The van der Waals surface area contributed by atoms with Gasteiger partial charge in [-0.15, -0.1) is 0 Å². The SMILES string of the molecule is [BaH2].[Cu].[La].[SiH4]. The molecule has 0 aliphatic heterocycles. The fourth-order valence-corrected chi connectivity index (χ4v) is 0. The summed E-state index contributed by atoms with van der Waals surface area (Å²) in [5.74, 6) is 0. The van der Waals surface area contributed by atoms with Gasteiger partial charge in [0.1, 0.15) is 0 Å². The van der Waals surface area contributed by atoms with Crippen LogP contribution in [0.5, 0.6) is 0 Å². The average molecular weight is 374 g/mol. The van der Waals surface area contributed by atoms with Gasteiger partial charge < -0.3 is 0 Å². The van der Waals surface area contributed by atoms with Gasteiger partial charge in [-0.05, 0) is 11.0 Å². The van der Waals surface area contributed by atoms with Crippen molar-refractivity contribution in [2.24, 2.45) is 0 Å². The average Bonchev–Trinajstić information content (AvgIpc) is 0. The third-order valence-electron chi connectivity index (χ3n) is 0. The maximum atomic E-state index is 0. The van der Waals surface area contributed by atoms with Crippen LogP contribution in [0.3, 0.4) is 0 Å². The molecule has 0 spiro atoms.